The van der Waals surface area contributed by atoms with Gasteiger partial charge in [-0.15, -0.1) is 0 Å². The Kier molecular flexibility index (Phi) is 7.60. The molecule has 0 amide bonds. The Morgan fingerprint density at radius 2 is 1.78 bits per heavy atom. The smallest absolute Gasteiger partial charge is 0.174 e. The monoisotopic (exact) mass is 534 g/mol. The van der Waals surface area contributed by atoms with Gasteiger partial charge in [-0.2, -0.15) is 0 Å². The van der Waals surface area contributed by atoms with E-state index in [1.54, 1.807) is 20.4 Å². The van der Waals surface area contributed by atoms with Crippen molar-refractivity contribution in [3.8, 4) is 17.2 Å². The molecule has 0 saturated carbocycles. The van der Waals surface area contributed by atoms with Crippen molar-refractivity contribution in [3.05, 3.63) is 102 Å². The molecule has 1 fully saturated rings. The van der Waals surface area contributed by atoms with E-state index in [4.69, 9.17) is 38.0 Å². The number of anilines is 1. The van der Waals surface area contributed by atoms with Crippen LogP contribution in [0, 0.1) is 0 Å². The lowest BCUT2D eigenvalue weighted by atomic mass is 10.0. The number of pyridine rings is 1. The summed E-state index contributed by atoms with van der Waals surface area (Å²) in [6, 6.07) is 23.4. The zero-order valence-corrected chi connectivity index (χ0v) is 22.1. The number of rotatable bonds is 9. The van der Waals surface area contributed by atoms with Gasteiger partial charge < -0.3 is 29.0 Å². The Morgan fingerprint density at radius 3 is 2.49 bits per heavy atom. The first-order chi connectivity index (χ1) is 18.1. The van der Waals surface area contributed by atoms with Crippen LogP contribution >= 0.6 is 23.8 Å². The fraction of sp³-hybridized carbons (Fsp3) is 0.214. The first-order valence-electron chi connectivity index (χ1n) is 11.8. The van der Waals surface area contributed by atoms with E-state index >= 15 is 0 Å². The van der Waals surface area contributed by atoms with Crippen LogP contribution in [0.15, 0.2) is 85.2 Å². The van der Waals surface area contributed by atoms with Gasteiger partial charge in [0.15, 0.2) is 5.11 Å². The second-order valence-electron chi connectivity index (χ2n) is 8.45. The molecule has 1 aliphatic rings. The van der Waals surface area contributed by atoms with Gasteiger partial charge in [-0.05, 0) is 78.9 Å². The van der Waals surface area contributed by atoms with Crippen LogP contribution in [0.1, 0.15) is 23.5 Å². The molecule has 7 nitrogen and oxygen atoms in total. The number of ether oxygens (including phenoxy) is 3. The molecule has 2 atom stereocenters. The highest BCUT2D eigenvalue weighted by atomic mass is 35.5. The third-order valence-corrected chi connectivity index (χ3v) is 6.88. The van der Waals surface area contributed by atoms with Crippen LogP contribution in [0.5, 0.6) is 11.5 Å². The summed E-state index contributed by atoms with van der Waals surface area (Å²) in [6.07, 6.45) is 3.84. The Morgan fingerprint density at radius 1 is 0.973 bits per heavy atom. The summed E-state index contributed by atoms with van der Waals surface area (Å²) in [5.41, 5.74) is 3.81. The maximum Gasteiger partial charge on any atom is 0.174 e. The molecule has 190 valence electrons. The minimum Gasteiger partial charge on any atom is -0.497 e. The largest absolute Gasteiger partial charge is 0.497 e. The number of aromatic nitrogens is 2. The molecule has 0 unspecified atom stereocenters. The number of nitrogens with zero attached hydrogens (tertiary/aromatic N) is 3. The zero-order valence-electron chi connectivity index (χ0n) is 20.5. The molecular formula is C28H27ClN4O3S. The van der Waals surface area contributed by atoms with Crippen LogP contribution in [-0.2, 0) is 4.74 Å². The average molecular weight is 535 g/mol. The van der Waals surface area contributed by atoms with E-state index in [1.165, 1.54) is 0 Å². The molecule has 0 aliphatic carbocycles. The minimum absolute atomic E-state index is 0.183. The quantitative estimate of drug-likeness (QED) is 0.217. The number of halogens is 1. The Labute approximate surface area is 226 Å². The predicted molar refractivity (Wildman–Crippen MR) is 149 cm³/mol. The minimum atomic E-state index is -0.198. The maximum atomic E-state index is 6.63. The molecule has 5 rings (SSSR count). The first kappa shape index (κ1) is 25.1. The highest BCUT2D eigenvalue weighted by Crippen LogP contribution is 2.43. The zero-order chi connectivity index (χ0) is 25.8. The molecule has 0 bridgehead atoms. The van der Waals surface area contributed by atoms with Crippen molar-refractivity contribution < 1.29 is 14.2 Å². The number of benzene rings is 2. The van der Waals surface area contributed by atoms with Gasteiger partial charge in [-0.1, -0.05) is 17.7 Å². The normalized spacial score (nSPS) is 17.1. The van der Waals surface area contributed by atoms with Gasteiger partial charge >= 0.3 is 0 Å². The summed E-state index contributed by atoms with van der Waals surface area (Å²) < 4.78 is 18.3. The molecule has 0 radical (unpaired) electrons. The van der Waals surface area contributed by atoms with E-state index < -0.39 is 0 Å². The van der Waals surface area contributed by atoms with Crippen LogP contribution < -0.4 is 19.7 Å². The summed E-state index contributed by atoms with van der Waals surface area (Å²) in [5, 5.41) is 4.59. The lowest BCUT2D eigenvalue weighted by Crippen LogP contribution is -2.30. The Bertz CT molecular complexity index is 1360. The molecule has 1 saturated heterocycles. The van der Waals surface area contributed by atoms with Crippen molar-refractivity contribution in [1.29, 1.82) is 0 Å². The number of nitrogens with one attached hydrogen (secondary N) is 1. The van der Waals surface area contributed by atoms with E-state index in [-0.39, 0.29) is 12.1 Å². The fourth-order valence-electron chi connectivity index (χ4n) is 4.54. The molecule has 3 heterocycles. The van der Waals surface area contributed by atoms with Gasteiger partial charge in [0.1, 0.15) is 24.1 Å². The number of hydrogen-bond acceptors (Lipinski definition) is 5. The molecule has 0 spiro atoms. The lowest BCUT2D eigenvalue weighted by Gasteiger charge is -2.29. The summed E-state index contributed by atoms with van der Waals surface area (Å²) >= 11 is 12.5. The first-order valence-corrected chi connectivity index (χ1v) is 12.6. The van der Waals surface area contributed by atoms with Gasteiger partial charge in [0, 0.05) is 36.6 Å². The second-order valence-corrected chi connectivity index (χ2v) is 9.25. The van der Waals surface area contributed by atoms with Crippen LogP contribution in [0.2, 0.25) is 5.02 Å². The molecule has 4 aromatic rings. The van der Waals surface area contributed by atoms with Gasteiger partial charge in [0.05, 0.1) is 30.5 Å². The van der Waals surface area contributed by atoms with Crippen molar-refractivity contribution >= 4 is 34.6 Å². The topological polar surface area (TPSA) is 60.8 Å². The summed E-state index contributed by atoms with van der Waals surface area (Å²) in [5.74, 6) is 1.40. The van der Waals surface area contributed by atoms with Crippen molar-refractivity contribution in [2.45, 2.75) is 12.1 Å². The van der Waals surface area contributed by atoms with E-state index in [9.17, 15) is 0 Å². The summed E-state index contributed by atoms with van der Waals surface area (Å²) in [6.45, 7) is 0.896. The van der Waals surface area contributed by atoms with Crippen molar-refractivity contribution in [2.75, 3.05) is 32.3 Å². The highest BCUT2D eigenvalue weighted by Gasteiger charge is 2.42. The molecule has 2 aromatic heterocycles. The second kappa shape index (κ2) is 11.2. The van der Waals surface area contributed by atoms with Gasteiger partial charge in [0.2, 0.25) is 0 Å². The third kappa shape index (κ3) is 5.13. The number of hydrogen-bond donors (Lipinski definition) is 1. The van der Waals surface area contributed by atoms with Crippen molar-refractivity contribution in [3.63, 3.8) is 0 Å². The molecule has 9 heteroatoms. The lowest BCUT2D eigenvalue weighted by molar-refractivity contribution is 0.146. The molecule has 2 aromatic carbocycles. The average Bonchev–Trinajstić information content (AvgIpc) is 3.54. The highest BCUT2D eigenvalue weighted by molar-refractivity contribution is 7.80. The van der Waals surface area contributed by atoms with E-state index in [0.29, 0.717) is 29.1 Å². The Balaban J connectivity index is 1.57. The van der Waals surface area contributed by atoms with Crippen molar-refractivity contribution in [2.24, 2.45) is 0 Å². The molecule has 1 aliphatic heterocycles. The van der Waals surface area contributed by atoms with Gasteiger partial charge in [-0.3, -0.25) is 4.98 Å². The summed E-state index contributed by atoms with van der Waals surface area (Å²) in [4.78, 5) is 6.74. The van der Waals surface area contributed by atoms with Crippen LogP contribution in [0.4, 0.5) is 5.69 Å². The van der Waals surface area contributed by atoms with Crippen LogP contribution in [0.25, 0.3) is 5.69 Å². The fourth-order valence-corrected chi connectivity index (χ4v) is 5.11. The molecule has 1 N–H and O–H groups in total. The standard InChI is InChI=1S/C28H27ClN4O3S/c1-34-16-17-36-25-13-10-20(18-22(25)29)33-27(26(31-28(33)37)23-6-3-4-14-30-23)24-7-5-15-32(24)19-8-11-21(35-2)12-9-19/h3-15,18,26-27H,16-17H2,1-2H3,(H,31,37)/t26-,27-/m0/s1. The van der Waals surface area contributed by atoms with Gasteiger partial charge in [-0.25, -0.2) is 0 Å². The maximum absolute atomic E-state index is 6.63. The number of thiocarbonyl (C=S) groups is 1. The number of methoxy groups -OCH3 is 2. The third-order valence-electron chi connectivity index (χ3n) is 6.27. The summed E-state index contributed by atoms with van der Waals surface area (Å²) in [7, 11) is 3.30. The van der Waals surface area contributed by atoms with E-state index in [1.807, 2.05) is 72.9 Å². The SMILES string of the molecule is COCCOc1ccc(N2C(=S)N[C@@H](c3ccccn3)[C@@H]2c2cccn2-c2ccc(OC)cc2)cc1Cl. The molecular weight excluding hydrogens is 508 g/mol. The van der Waals surface area contributed by atoms with E-state index in [2.05, 4.69) is 25.8 Å². The Hall–Kier alpha value is -3.59. The van der Waals surface area contributed by atoms with Crippen molar-refractivity contribution in [1.82, 2.24) is 14.9 Å². The van der Waals surface area contributed by atoms with Crippen LogP contribution in [0.3, 0.4) is 0 Å². The van der Waals surface area contributed by atoms with Crippen LogP contribution in [-0.4, -0.2) is 42.1 Å². The predicted octanol–water partition coefficient (Wildman–Crippen LogP) is 5.74. The van der Waals surface area contributed by atoms with E-state index in [0.717, 1.165) is 28.5 Å². The van der Waals surface area contributed by atoms with Gasteiger partial charge in [0.25, 0.3) is 0 Å². The molecule has 37 heavy (non-hydrogen) atoms.